The molecular weight excluding hydrogens is 228 g/mol. The van der Waals surface area contributed by atoms with Crippen molar-refractivity contribution in [2.45, 2.75) is 27.2 Å². The molecule has 0 aliphatic heterocycles. The second kappa shape index (κ2) is 7.71. The summed E-state index contributed by atoms with van der Waals surface area (Å²) in [4.78, 5) is 12.1. The highest BCUT2D eigenvalue weighted by atomic mass is 16.6. The number of rotatable bonds is 6. The predicted molar refractivity (Wildman–Crippen MR) is 72.3 cm³/mol. The molecule has 0 atom stereocenters. The molecule has 0 spiro atoms. The third-order valence-corrected chi connectivity index (χ3v) is 2.55. The summed E-state index contributed by atoms with van der Waals surface area (Å²) in [5.74, 6) is 0. The first-order valence-electron chi connectivity index (χ1n) is 6.42. The Morgan fingerprint density at radius 2 is 2.06 bits per heavy atom. The molecule has 4 heteroatoms. The number of benzene rings is 1. The highest BCUT2D eigenvalue weighted by Crippen LogP contribution is 2.17. The molecular formula is C14H21N2O2. The number of hydrogen-bond acceptors (Lipinski definition) is 3. The quantitative estimate of drug-likeness (QED) is 0.726. The van der Waals surface area contributed by atoms with Crippen LogP contribution in [-0.2, 0) is 4.74 Å². The Morgan fingerprint density at radius 1 is 1.33 bits per heavy atom. The molecule has 0 aliphatic carbocycles. The molecule has 1 aromatic carbocycles. The van der Waals surface area contributed by atoms with Crippen LogP contribution in [0.3, 0.4) is 0 Å². The lowest BCUT2D eigenvalue weighted by molar-refractivity contribution is 0.131. The monoisotopic (exact) mass is 249 g/mol. The lowest BCUT2D eigenvalue weighted by Gasteiger charge is -2.32. The van der Waals surface area contributed by atoms with E-state index in [9.17, 15) is 4.79 Å². The molecule has 0 N–H and O–H groups in total. The van der Waals surface area contributed by atoms with Crippen molar-refractivity contribution in [3.8, 4) is 0 Å². The number of carbonyl (C=O) groups is 1. The van der Waals surface area contributed by atoms with Gasteiger partial charge in [0.2, 0.25) is 0 Å². The van der Waals surface area contributed by atoms with Gasteiger partial charge in [-0.2, -0.15) is 0 Å². The topological polar surface area (TPSA) is 32.8 Å². The van der Waals surface area contributed by atoms with Crippen molar-refractivity contribution in [3.05, 3.63) is 30.3 Å². The van der Waals surface area contributed by atoms with Gasteiger partial charge in [0.15, 0.2) is 0 Å². The Labute approximate surface area is 109 Å². The molecule has 0 heterocycles. The van der Waals surface area contributed by atoms with Crippen LogP contribution < -0.4 is 5.01 Å². The van der Waals surface area contributed by atoms with Crippen LogP contribution in [0.1, 0.15) is 27.2 Å². The maximum absolute atomic E-state index is 12.1. The van der Waals surface area contributed by atoms with Crippen molar-refractivity contribution in [2.24, 2.45) is 0 Å². The van der Waals surface area contributed by atoms with E-state index in [4.69, 9.17) is 4.74 Å². The first kappa shape index (κ1) is 14.5. The van der Waals surface area contributed by atoms with Crippen molar-refractivity contribution in [2.75, 3.05) is 24.7 Å². The fourth-order valence-electron chi connectivity index (χ4n) is 1.66. The fourth-order valence-corrected chi connectivity index (χ4v) is 1.66. The second-order valence-corrected chi connectivity index (χ2v) is 3.83. The minimum absolute atomic E-state index is 0.333. The van der Waals surface area contributed by atoms with Crippen LogP contribution in [0.25, 0.3) is 0 Å². The van der Waals surface area contributed by atoms with Crippen LogP contribution in [0.5, 0.6) is 0 Å². The minimum Gasteiger partial charge on any atom is -0.448 e. The van der Waals surface area contributed by atoms with Gasteiger partial charge in [-0.05, 0) is 24.6 Å². The summed E-state index contributed by atoms with van der Waals surface area (Å²) in [5.41, 5.74) is 0.780. The molecule has 0 bridgehead atoms. The SMILES string of the molecule is CCCOC(=O)N(c1c[c]ccc1)N(CC)CC. The predicted octanol–water partition coefficient (Wildman–Crippen LogP) is 3.10. The standard InChI is InChI=1S/C14H21N2O2/c1-4-12-18-14(17)16(15(5-2)6-3)13-10-8-7-9-11-13/h7-8,10-11H,4-6,12H2,1-3H3. The van der Waals surface area contributed by atoms with Gasteiger partial charge in [0, 0.05) is 13.1 Å². The third kappa shape index (κ3) is 3.74. The average Bonchev–Trinajstić information content (AvgIpc) is 2.43. The molecule has 99 valence electrons. The van der Waals surface area contributed by atoms with Crippen LogP contribution >= 0.6 is 0 Å². The normalized spacial score (nSPS) is 10.4. The van der Waals surface area contributed by atoms with Crippen LogP contribution in [-0.4, -0.2) is 30.8 Å². The van der Waals surface area contributed by atoms with Gasteiger partial charge in [-0.15, -0.1) is 0 Å². The van der Waals surface area contributed by atoms with Gasteiger partial charge in [0.1, 0.15) is 0 Å². The number of hydrazine groups is 1. The summed E-state index contributed by atoms with van der Waals surface area (Å²) in [7, 11) is 0. The summed E-state index contributed by atoms with van der Waals surface area (Å²) in [6, 6.07) is 10.3. The third-order valence-electron chi connectivity index (χ3n) is 2.55. The summed E-state index contributed by atoms with van der Waals surface area (Å²) in [6.07, 6.45) is 0.485. The zero-order valence-corrected chi connectivity index (χ0v) is 11.3. The minimum atomic E-state index is -0.333. The lowest BCUT2D eigenvalue weighted by atomic mass is 10.3. The lowest BCUT2D eigenvalue weighted by Crippen LogP contribution is -2.47. The molecule has 0 saturated carbocycles. The Morgan fingerprint density at radius 3 is 2.56 bits per heavy atom. The number of hydrogen-bond donors (Lipinski definition) is 0. The Bertz CT molecular complexity index is 350. The van der Waals surface area contributed by atoms with E-state index in [1.54, 1.807) is 17.1 Å². The van der Waals surface area contributed by atoms with E-state index in [0.29, 0.717) is 6.61 Å². The summed E-state index contributed by atoms with van der Waals surface area (Å²) < 4.78 is 5.22. The maximum Gasteiger partial charge on any atom is 0.429 e. The van der Waals surface area contributed by atoms with Crippen LogP contribution in [0, 0.1) is 6.07 Å². The first-order chi connectivity index (χ1) is 8.74. The van der Waals surface area contributed by atoms with Crippen molar-refractivity contribution in [1.29, 1.82) is 0 Å². The van der Waals surface area contributed by atoms with Gasteiger partial charge < -0.3 is 4.74 Å². The van der Waals surface area contributed by atoms with E-state index in [-0.39, 0.29) is 6.09 Å². The van der Waals surface area contributed by atoms with Crippen molar-refractivity contribution < 1.29 is 9.53 Å². The fraction of sp³-hybridized carbons (Fsp3) is 0.500. The van der Waals surface area contributed by atoms with Gasteiger partial charge in [0.05, 0.1) is 12.3 Å². The van der Waals surface area contributed by atoms with E-state index < -0.39 is 0 Å². The van der Waals surface area contributed by atoms with E-state index in [2.05, 4.69) is 6.07 Å². The number of carbonyl (C=O) groups excluding carboxylic acids is 1. The number of ether oxygens (including phenoxy) is 1. The molecule has 0 saturated heterocycles. The van der Waals surface area contributed by atoms with Crippen molar-refractivity contribution in [3.63, 3.8) is 0 Å². The number of nitrogens with zero attached hydrogens (tertiary/aromatic N) is 2. The summed E-state index contributed by atoms with van der Waals surface area (Å²) >= 11 is 0. The second-order valence-electron chi connectivity index (χ2n) is 3.83. The molecule has 18 heavy (non-hydrogen) atoms. The molecule has 1 aromatic rings. The molecule has 1 radical (unpaired) electrons. The van der Waals surface area contributed by atoms with Crippen LogP contribution in [0.15, 0.2) is 24.3 Å². The van der Waals surface area contributed by atoms with Gasteiger partial charge in [-0.1, -0.05) is 32.9 Å². The van der Waals surface area contributed by atoms with Crippen molar-refractivity contribution >= 4 is 11.8 Å². The Balaban J connectivity index is 2.91. The van der Waals surface area contributed by atoms with E-state index in [0.717, 1.165) is 25.2 Å². The zero-order valence-electron chi connectivity index (χ0n) is 11.3. The van der Waals surface area contributed by atoms with Gasteiger partial charge in [0.25, 0.3) is 0 Å². The van der Waals surface area contributed by atoms with Gasteiger partial charge >= 0.3 is 6.09 Å². The van der Waals surface area contributed by atoms with E-state index >= 15 is 0 Å². The average molecular weight is 249 g/mol. The van der Waals surface area contributed by atoms with E-state index in [1.807, 2.05) is 37.9 Å². The molecule has 1 rings (SSSR count). The molecule has 0 aromatic heterocycles. The first-order valence-corrected chi connectivity index (χ1v) is 6.42. The van der Waals surface area contributed by atoms with Gasteiger partial charge in [-0.25, -0.2) is 14.8 Å². The smallest absolute Gasteiger partial charge is 0.429 e. The largest absolute Gasteiger partial charge is 0.448 e. The van der Waals surface area contributed by atoms with Crippen LogP contribution in [0.2, 0.25) is 0 Å². The molecule has 0 unspecified atom stereocenters. The van der Waals surface area contributed by atoms with Gasteiger partial charge in [-0.3, -0.25) is 0 Å². The molecule has 0 fully saturated rings. The van der Waals surface area contributed by atoms with E-state index in [1.165, 1.54) is 0 Å². The number of amides is 1. The Kier molecular flexibility index (Phi) is 6.22. The molecule has 4 nitrogen and oxygen atoms in total. The number of anilines is 1. The highest BCUT2D eigenvalue weighted by molar-refractivity contribution is 5.86. The summed E-state index contributed by atoms with van der Waals surface area (Å²) in [5, 5.41) is 3.51. The molecule has 1 amide bonds. The van der Waals surface area contributed by atoms with Crippen LogP contribution in [0.4, 0.5) is 10.5 Å². The zero-order chi connectivity index (χ0) is 13.4. The highest BCUT2D eigenvalue weighted by Gasteiger charge is 2.22. The molecule has 0 aliphatic rings. The Hall–Kier alpha value is -1.55. The van der Waals surface area contributed by atoms with Crippen molar-refractivity contribution in [1.82, 2.24) is 5.01 Å². The summed E-state index contributed by atoms with van der Waals surface area (Å²) in [6.45, 7) is 7.92. The maximum atomic E-state index is 12.1.